The van der Waals surface area contributed by atoms with Crippen molar-refractivity contribution in [2.75, 3.05) is 43.8 Å². The Kier molecular flexibility index (Phi) is 18.2. The number of unbranched alkanes of at least 4 members (excludes halogenated alkanes) is 2. The maximum Gasteiger partial charge on any atom is 0.428 e. The number of hydrogen-bond donors (Lipinski definition) is 4. The molecule has 15 nitrogen and oxygen atoms in total. The van der Waals surface area contributed by atoms with E-state index in [9.17, 15) is 27.6 Å². The van der Waals surface area contributed by atoms with Gasteiger partial charge in [-0.05, 0) is 125 Å². The van der Waals surface area contributed by atoms with Gasteiger partial charge in [0.2, 0.25) is 9.84 Å². The van der Waals surface area contributed by atoms with Crippen molar-refractivity contribution in [2.24, 2.45) is 5.10 Å². The second-order valence-corrected chi connectivity index (χ2v) is 26.2. The largest absolute Gasteiger partial charge is 0.494 e. The Labute approximate surface area is 379 Å². The molecule has 0 atom stereocenters. The summed E-state index contributed by atoms with van der Waals surface area (Å²) in [6, 6.07) is 18.3. The number of thiophene rings is 1. The topological polar surface area (TPSA) is 200 Å². The fourth-order valence-electron chi connectivity index (χ4n) is 5.88. The molecule has 0 aliphatic carbocycles. The molecule has 3 aromatic carbocycles. The number of nitrogens with zero attached hydrogens (tertiary/aromatic N) is 1. The van der Waals surface area contributed by atoms with E-state index in [1.54, 1.807) is 88.5 Å². The molecule has 0 spiro atoms. The van der Waals surface area contributed by atoms with Gasteiger partial charge in [0, 0.05) is 30.7 Å². The molecule has 0 aliphatic heterocycles. The second-order valence-electron chi connectivity index (χ2n) is 16.5. The average molecular weight is 940 g/mol. The summed E-state index contributed by atoms with van der Waals surface area (Å²) in [6.45, 7) is 14.7. The number of esters is 1. The Morgan fingerprint density at radius 3 is 2.30 bits per heavy atom. The van der Waals surface area contributed by atoms with Crippen molar-refractivity contribution in [3.8, 4) is 16.9 Å². The lowest BCUT2D eigenvalue weighted by molar-refractivity contribution is 0.0528. The normalized spacial score (nSPS) is 11.8. The molecule has 4 rings (SSSR count). The fraction of sp³-hybridized carbons (Fsp3) is 0.386. The predicted octanol–water partition coefficient (Wildman–Crippen LogP) is 10.2. The zero-order valence-electron chi connectivity index (χ0n) is 37.1. The molecule has 1 aromatic heterocycles. The van der Waals surface area contributed by atoms with Crippen LogP contribution in [0, 0.1) is 6.92 Å². The van der Waals surface area contributed by atoms with Gasteiger partial charge in [-0.3, -0.25) is 5.32 Å². The zero-order chi connectivity index (χ0) is 46.4. The van der Waals surface area contributed by atoms with Crippen molar-refractivity contribution in [2.45, 2.75) is 92.2 Å². The summed E-state index contributed by atoms with van der Waals surface area (Å²) in [7, 11) is -4.19. The highest BCUT2D eigenvalue weighted by Crippen LogP contribution is 2.39. The van der Waals surface area contributed by atoms with Crippen LogP contribution in [0.25, 0.3) is 11.1 Å². The van der Waals surface area contributed by atoms with E-state index in [1.807, 2.05) is 0 Å². The number of aryl methyl sites for hydroxylation is 1. The first-order valence-corrected chi connectivity index (χ1v) is 27.4. The Balaban J connectivity index is 1.51. The van der Waals surface area contributed by atoms with Crippen LogP contribution in [0.5, 0.6) is 5.75 Å². The highest BCUT2D eigenvalue weighted by atomic mass is 32.2. The number of amides is 4. The van der Waals surface area contributed by atoms with Crippen molar-refractivity contribution >= 4 is 82.8 Å². The number of carbonyl (C=O) groups excluding carboxylic acids is 4. The SMILES string of the molecule is COC(=O)c1ccc(OCCCCCNC(=O)Nc2cc(NC(=O)OCC[Si](C)(C)C)cc(C)c2-c2cccc(S(=O)(=O)c3cc(C=NNC(=O)OC(C)(C)C)sc3SC)c2)cc1. The number of hydrazone groups is 1. The minimum absolute atomic E-state index is 0.0219. The van der Waals surface area contributed by atoms with E-state index in [-0.39, 0.29) is 16.4 Å². The Hall–Kier alpha value is -5.37. The average Bonchev–Trinajstić information content (AvgIpc) is 3.63. The molecule has 1 heterocycles. The first kappa shape index (κ1) is 50.3. The van der Waals surface area contributed by atoms with Gasteiger partial charge in [-0.1, -0.05) is 31.8 Å². The lowest BCUT2D eigenvalue weighted by atomic mass is 9.97. The lowest BCUT2D eigenvalue weighted by Crippen LogP contribution is -2.30. The molecular weight excluding hydrogens is 883 g/mol. The minimum atomic E-state index is -4.07. The van der Waals surface area contributed by atoms with E-state index in [0.717, 1.165) is 18.9 Å². The number of ether oxygens (including phenoxy) is 4. The van der Waals surface area contributed by atoms with E-state index >= 15 is 0 Å². The Morgan fingerprint density at radius 1 is 0.905 bits per heavy atom. The van der Waals surface area contributed by atoms with Crippen molar-refractivity contribution in [1.29, 1.82) is 0 Å². The summed E-state index contributed by atoms with van der Waals surface area (Å²) in [5.74, 6) is 0.213. The summed E-state index contributed by atoms with van der Waals surface area (Å²) < 4.78 is 50.2. The van der Waals surface area contributed by atoms with Crippen LogP contribution < -0.4 is 26.1 Å². The van der Waals surface area contributed by atoms with Crippen molar-refractivity contribution in [3.05, 3.63) is 82.7 Å². The highest BCUT2D eigenvalue weighted by Gasteiger charge is 2.26. The fourth-order valence-corrected chi connectivity index (χ4v) is 10.5. The Morgan fingerprint density at radius 2 is 1.63 bits per heavy atom. The molecule has 0 saturated heterocycles. The summed E-state index contributed by atoms with van der Waals surface area (Å²) in [5.41, 5.74) is 4.44. The number of urea groups is 1. The van der Waals surface area contributed by atoms with Gasteiger partial charge in [-0.15, -0.1) is 23.1 Å². The molecule has 0 saturated carbocycles. The summed E-state index contributed by atoms with van der Waals surface area (Å²) >= 11 is 2.48. The standard InChI is InChI=1S/C44H57N5O10S3Si/c1-29-24-32(47-42(52)58-22-23-63(7,8)9)26-36(48-41(51)45-20-11-10-12-21-57-33-18-16-30(17-19-33)39(50)56-5)38(29)31-14-13-15-35(25-31)62(54,55)37-27-34(61-40(37)60-6)28-46-49-43(53)59-44(2,3)4/h13-19,24-28H,10-12,20-23H2,1-9H3,(H,47,52)(H,49,53)(H2,45,48,51). The number of anilines is 2. The molecule has 0 radical (unpaired) electrons. The minimum Gasteiger partial charge on any atom is -0.494 e. The molecule has 0 unspecified atom stereocenters. The highest BCUT2D eigenvalue weighted by molar-refractivity contribution is 8.01. The third kappa shape index (κ3) is 16.0. The van der Waals surface area contributed by atoms with E-state index in [0.29, 0.717) is 68.0 Å². The molecule has 4 N–H and O–H groups in total. The monoisotopic (exact) mass is 939 g/mol. The van der Waals surface area contributed by atoms with Gasteiger partial charge in [0.15, 0.2) is 0 Å². The molecule has 340 valence electrons. The molecule has 4 aromatic rings. The predicted molar refractivity (Wildman–Crippen MR) is 252 cm³/mol. The number of hydrogen-bond acceptors (Lipinski definition) is 13. The number of carbonyl (C=O) groups is 4. The quantitative estimate of drug-likeness (QED) is 0.0133. The number of sulfone groups is 1. The van der Waals surface area contributed by atoms with Crippen LogP contribution in [0.1, 0.15) is 60.8 Å². The Bertz CT molecular complexity index is 2370. The molecule has 0 aliphatic rings. The molecule has 63 heavy (non-hydrogen) atoms. The molecule has 0 fully saturated rings. The molecular formula is C44H57N5O10S3Si. The zero-order valence-corrected chi connectivity index (χ0v) is 40.6. The lowest BCUT2D eigenvalue weighted by Gasteiger charge is -2.19. The second kappa shape index (κ2) is 22.8. The first-order valence-electron chi connectivity index (χ1n) is 20.2. The maximum absolute atomic E-state index is 14.2. The van der Waals surface area contributed by atoms with Gasteiger partial charge < -0.3 is 29.6 Å². The smallest absolute Gasteiger partial charge is 0.428 e. The van der Waals surface area contributed by atoms with Gasteiger partial charge in [-0.2, -0.15) is 5.10 Å². The van der Waals surface area contributed by atoms with Gasteiger partial charge in [0.05, 0.1) is 51.8 Å². The van der Waals surface area contributed by atoms with Gasteiger partial charge >= 0.3 is 24.2 Å². The summed E-state index contributed by atoms with van der Waals surface area (Å²) in [5, 5.41) is 12.5. The van der Waals surface area contributed by atoms with Crippen LogP contribution in [-0.2, 0) is 24.0 Å². The maximum atomic E-state index is 14.2. The third-order valence-electron chi connectivity index (χ3n) is 8.91. The van der Waals surface area contributed by atoms with E-state index in [4.69, 9.17) is 18.9 Å². The molecule has 4 amide bonds. The number of rotatable bonds is 19. The van der Waals surface area contributed by atoms with Crippen LogP contribution in [0.15, 0.2) is 85.8 Å². The summed E-state index contributed by atoms with van der Waals surface area (Å²) in [6.07, 6.45) is 3.94. The van der Waals surface area contributed by atoms with Gasteiger partial charge in [0.25, 0.3) is 0 Å². The number of thioether (sulfide) groups is 1. The van der Waals surface area contributed by atoms with Crippen molar-refractivity contribution in [3.63, 3.8) is 0 Å². The van der Waals surface area contributed by atoms with E-state index < -0.39 is 47.7 Å². The van der Waals surface area contributed by atoms with Gasteiger partial charge in [0.1, 0.15) is 11.4 Å². The number of benzene rings is 3. The van der Waals surface area contributed by atoms with Gasteiger partial charge in [-0.25, -0.2) is 33.0 Å². The third-order valence-corrected chi connectivity index (χ3v) is 14.8. The van der Waals surface area contributed by atoms with Crippen LogP contribution in [-0.4, -0.2) is 85.6 Å². The van der Waals surface area contributed by atoms with E-state index in [1.165, 1.54) is 48.6 Å². The number of methoxy groups -OCH3 is 1. The van der Waals surface area contributed by atoms with Crippen molar-refractivity contribution in [1.82, 2.24) is 10.7 Å². The van der Waals surface area contributed by atoms with Crippen LogP contribution in [0.4, 0.5) is 25.8 Å². The first-order chi connectivity index (χ1) is 29.7. The van der Waals surface area contributed by atoms with Crippen molar-refractivity contribution < 1.29 is 46.5 Å². The van der Waals surface area contributed by atoms with E-state index in [2.05, 4.69) is 46.1 Å². The molecule has 19 heteroatoms. The van der Waals surface area contributed by atoms with Crippen LogP contribution >= 0.6 is 23.1 Å². The molecule has 0 bridgehead atoms. The number of nitrogens with one attached hydrogen (secondary N) is 4. The van der Waals surface area contributed by atoms with Crippen LogP contribution in [0.2, 0.25) is 25.7 Å². The van der Waals surface area contributed by atoms with Crippen LogP contribution in [0.3, 0.4) is 0 Å². The summed E-state index contributed by atoms with van der Waals surface area (Å²) in [4.78, 5) is 50.5.